The standard InChI is InChI=1S/C20H22FN3O3/c1-12(19(25)22-10-9-14-3-5-15(21)6-4-14)23-16-7-8-18-17(11-16)24-20(26)13(2)27-18/h3-8,11-13,23H,9-10H2,1-2H3,(H,22,25)(H,24,26)/t12-,13+/m1/s1. The molecule has 1 aliphatic rings. The Kier molecular flexibility index (Phi) is 5.59. The van der Waals surface area contributed by atoms with Crippen LogP contribution in [0.2, 0.25) is 0 Å². The number of hydrogen-bond donors (Lipinski definition) is 3. The summed E-state index contributed by atoms with van der Waals surface area (Å²) in [6.07, 6.45) is 0.0983. The van der Waals surface area contributed by atoms with E-state index >= 15 is 0 Å². The zero-order valence-corrected chi connectivity index (χ0v) is 15.2. The van der Waals surface area contributed by atoms with Crippen molar-refractivity contribution in [2.45, 2.75) is 32.4 Å². The molecule has 0 unspecified atom stereocenters. The van der Waals surface area contributed by atoms with E-state index in [2.05, 4.69) is 16.0 Å². The van der Waals surface area contributed by atoms with Gasteiger partial charge in [-0.1, -0.05) is 12.1 Å². The number of benzene rings is 2. The van der Waals surface area contributed by atoms with E-state index in [0.29, 0.717) is 30.1 Å². The van der Waals surface area contributed by atoms with Crippen LogP contribution in [0.5, 0.6) is 5.75 Å². The zero-order valence-electron chi connectivity index (χ0n) is 15.2. The van der Waals surface area contributed by atoms with Crippen LogP contribution in [0.4, 0.5) is 15.8 Å². The van der Waals surface area contributed by atoms with Crippen LogP contribution in [0.3, 0.4) is 0 Å². The molecule has 2 atom stereocenters. The van der Waals surface area contributed by atoms with E-state index < -0.39 is 12.1 Å². The lowest BCUT2D eigenvalue weighted by Gasteiger charge is -2.24. The first-order valence-corrected chi connectivity index (χ1v) is 8.82. The van der Waals surface area contributed by atoms with Gasteiger partial charge in [-0.05, 0) is 56.2 Å². The number of ether oxygens (including phenoxy) is 1. The molecule has 0 spiro atoms. The highest BCUT2D eigenvalue weighted by molar-refractivity contribution is 5.98. The maximum atomic E-state index is 12.9. The second-order valence-electron chi connectivity index (χ2n) is 6.49. The van der Waals surface area contributed by atoms with Gasteiger partial charge >= 0.3 is 0 Å². The molecular formula is C20H22FN3O3. The third kappa shape index (κ3) is 4.75. The summed E-state index contributed by atoms with van der Waals surface area (Å²) < 4.78 is 18.4. The average Bonchev–Trinajstić information content (AvgIpc) is 2.64. The highest BCUT2D eigenvalue weighted by Gasteiger charge is 2.23. The SMILES string of the molecule is C[C@@H]1Oc2ccc(N[C@H](C)C(=O)NCCc3ccc(F)cc3)cc2NC1=O. The van der Waals surface area contributed by atoms with Gasteiger partial charge in [-0.15, -0.1) is 0 Å². The Morgan fingerprint density at radius 2 is 2.00 bits per heavy atom. The maximum Gasteiger partial charge on any atom is 0.265 e. The molecule has 142 valence electrons. The molecule has 0 aliphatic carbocycles. The van der Waals surface area contributed by atoms with E-state index in [4.69, 9.17) is 4.74 Å². The first-order valence-electron chi connectivity index (χ1n) is 8.82. The van der Waals surface area contributed by atoms with Gasteiger partial charge in [0, 0.05) is 12.2 Å². The minimum absolute atomic E-state index is 0.149. The molecule has 0 aromatic heterocycles. The number of nitrogens with one attached hydrogen (secondary N) is 3. The molecule has 2 aromatic rings. The number of carbonyl (C=O) groups is 2. The third-order valence-electron chi connectivity index (χ3n) is 4.31. The van der Waals surface area contributed by atoms with Crippen molar-refractivity contribution >= 4 is 23.2 Å². The van der Waals surface area contributed by atoms with Crippen molar-refractivity contribution in [3.63, 3.8) is 0 Å². The summed E-state index contributed by atoms with van der Waals surface area (Å²) in [6.45, 7) is 3.90. The third-order valence-corrected chi connectivity index (χ3v) is 4.31. The summed E-state index contributed by atoms with van der Waals surface area (Å²) in [5.74, 6) is -0.0271. The van der Waals surface area contributed by atoms with Crippen LogP contribution in [0.25, 0.3) is 0 Å². The van der Waals surface area contributed by atoms with Crippen molar-refractivity contribution in [1.29, 1.82) is 0 Å². The Bertz CT molecular complexity index is 839. The highest BCUT2D eigenvalue weighted by Crippen LogP contribution is 2.32. The van der Waals surface area contributed by atoms with Crippen molar-refractivity contribution in [2.75, 3.05) is 17.2 Å². The van der Waals surface area contributed by atoms with Crippen molar-refractivity contribution in [1.82, 2.24) is 5.32 Å². The zero-order chi connectivity index (χ0) is 19.4. The van der Waals surface area contributed by atoms with Crippen molar-refractivity contribution in [2.24, 2.45) is 0 Å². The van der Waals surface area contributed by atoms with Crippen LogP contribution in [-0.2, 0) is 16.0 Å². The fourth-order valence-corrected chi connectivity index (χ4v) is 2.75. The molecule has 0 saturated carbocycles. The molecule has 2 amide bonds. The molecule has 6 nitrogen and oxygen atoms in total. The Morgan fingerprint density at radius 3 is 2.74 bits per heavy atom. The Morgan fingerprint density at radius 1 is 1.26 bits per heavy atom. The van der Waals surface area contributed by atoms with Crippen LogP contribution in [0, 0.1) is 5.82 Å². The summed E-state index contributed by atoms with van der Waals surface area (Å²) in [5, 5.41) is 8.73. The molecule has 0 fully saturated rings. The lowest BCUT2D eigenvalue weighted by atomic mass is 10.1. The summed E-state index contributed by atoms with van der Waals surface area (Å²) in [5.41, 5.74) is 2.23. The molecule has 1 heterocycles. The average molecular weight is 371 g/mol. The minimum Gasteiger partial charge on any atom is -0.479 e. The predicted molar refractivity (Wildman–Crippen MR) is 101 cm³/mol. The fourth-order valence-electron chi connectivity index (χ4n) is 2.75. The van der Waals surface area contributed by atoms with E-state index in [0.717, 1.165) is 5.56 Å². The van der Waals surface area contributed by atoms with Crippen LogP contribution in [0.1, 0.15) is 19.4 Å². The molecule has 1 aliphatic heterocycles. The number of halogens is 1. The van der Waals surface area contributed by atoms with Crippen LogP contribution < -0.4 is 20.7 Å². The second-order valence-corrected chi connectivity index (χ2v) is 6.49. The summed E-state index contributed by atoms with van der Waals surface area (Å²) in [6, 6.07) is 11.0. The predicted octanol–water partition coefficient (Wildman–Crippen LogP) is 2.70. The lowest BCUT2D eigenvalue weighted by Crippen LogP contribution is -2.38. The topological polar surface area (TPSA) is 79.5 Å². The lowest BCUT2D eigenvalue weighted by molar-refractivity contribution is -0.123. The quantitative estimate of drug-likeness (QED) is 0.730. The Labute approximate surface area is 157 Å². The van der Waals surface area contributed by atoms with E-state index in [1.165, 1.54) is 12.1 Å². The smallest absolute Gasteiger partial charge is 0.265 e. The van der Waals surface area contributed by atoms with Gasteiger partial charge in [0.15, 0.2) is 6.10 Å². The minimum atomic E-state index is -0.526. The van der Waals surface area contributed by atoms with Crippen molar-refractivity contribution in [3.05, 3.63) is 53.8 Å². The first kappa shape index (κ1) is 18.7. The number of rotatable bonds is 6. The van der Waals surface area contributed by atoms with Crippen LogP contribution >= 0.6 is 0 Å². The van der Waals surface area contributed by atoms with Gasteiger partial charge in [-0.3, -0.25) is 9.59 Å². The molecular weight excluding hydrogens is 349 g/mol. The maximum absolute atomic E-state index is 12.9. The van der Waals surface area contributed by atoms with Crippen molar-refractivity contribution in [3.8, 4) is 5.75 Å². The largest absolute Gasteiger partial charge is 0.479 e. The molecule has 0 saturated heterocycles. The molecule has 3 N–H and O–H groups in total. The normalized spacial score (nSPS) is 16.6. The number of fused-ring (bicyclic) bond motifs is 1. The van der Waals surface area contributed by atoms with Crippen LogP contribution in [0.15, 0.2) is 42.5 Å². The summed E-state index contributed by atoms with van der Waals surface area (Å²) >= 11 is 0. The monoisotopic (exact) mass is 371 g/mol. The molecule has 0 bridgehead atoms. The highest BCUT2D eigenvalue weighted by atomic mass is 19.1. The van der Waals surface area contributed by atoms with Crippen LogP contribution in [-0.4, -0.2) is 30.5 Å². The van der Waals surface area contributed by atoms with Gasteiger partial charge < -0.3 is 20.7 Å². The molecule has 27 heavy (non-hydrogen) atoms. The number of amides is 2. The number of hydrogen-bond acceptors (Lipinski definition) is 4. The van der Waals surface area contributed by atoms with Gasteiger partial charge in [0.1, 0.15) is 17.6 Å². The van der Waals surface area contributed by atoms with E-state index in [1.807, 2.05) is 0 Å². The second kappa shape index (κ2) is 8.07. The van der Waals surface area contributed by atoms with Gasteiger partial charge in [-0.2, -0.15) is 0 Å². The first-order chi connectivity index (χ1) is 12.9. The number of carbonyl (C=O) groups excluding carboxylic acids is 2. The fraction of sp³-hybridized carbons (Fsp3) is 0.300. The molecule has 2 aromatic carbocycles. The van der Waals surface area contributed by atoms with E-state index in [1.54, 1.807) is 44.2 Å². The van der Waals surface area contributed by atoms with Gasteiger partial charge in [-0.25, -0.2) is 4.39 Å². The van der Waals surface area contributed by atoms with Crippen molar-refractivity contribution < 1.29 is 18.7 Å². The Balaban J connectivity index is 1.51. The van der Waals surface area contributed by atoms with Gasteiger partial charge in [0.05, 0.1) is 5.69 Å². The molecule has 7 heteroatoms. The number of anilines is 2. The summed E-state index contributed by atoms with van der Waals surface area (Å²) in [7, 11) is 0. The Hall–Kier alpha value is -3.09. The molecule has 0 radical (unpaired) electrons. The van der Waals surface area contributed by atoms with E-state index in [-0.39, 0.29) is 17.6 Å². The summed E-state index contributed by atoms with van der Waals surface area (Å²) in [4.78, 5) is 24.0. The van der Waals surface area contributed by atoms with Gasteiger partial charge in [0.2, 0.25) is 5.91 Å². The molecule has 3 rings (SSSR count). The van der Waals surface area contributed by atoms with E-state index in [9.17, 15) is 14.0 Å². The van der Waals surface area contributed by atoms with Gasteiger partial charge in [0.25, 0.3) is 5.91 Å².